The Labute approximate surface area is 213 Å². The number of nitrogens with one attached hydrogen (secondary N) is 1. The molecular formula is C27H24N4O4S. The van der Waals surface area contributed by atoms with Crippen LogP contribution in [0.15, 0.2) is 82.8 Å². The lowest BCUT2D eigenvalue weighted by Gasteiger charge is -2.25. The number of para-hydroxylation sites is 1. The minimum atomic E-state index is -0.542. The highest BCUT2D eigenvalue weighted by molar-refractivity contribution is 8.14. The van der Waals surface area contributed by atoms with Crippen molar-refractivity contribution >= 4 is 46.0 Å². The molecule has 2 aliphatic rings. The molecule has 0 bridgehead atoms. The summed E-state index contributed by atoms with van der Waals surface area (Å²) in [5.41, 5.74) is 3.15. The predicted octanol–water partition coefficient (Wildman–Crippen LogP) is 4.28. The van der Waals surface area contributed by atoms with Gasteiger partial charge in [-0.2, -0.15) is 0 Å². The molecule has 0 radical (unpaired) electrons. The number of rotatable bonds is 7. The summed E-state index contributed by atoms with van der Waals surface area (Å²) in [6.45, 7) is 0. The molecule has 0 saturated heterocycles. The summed E-state index contributed by atoms with van der Waals surface area (Å²) in [5, 5.41) is 3.30. The van der Waals surface area contributed by atoms with Crippen molar-refractivity contribution in [1.82, 2.24) is 4.90 Å². The zero-order chi connectivity index (χ0) is 25.1. The zero-order valence-corrected chi connectivity index (χ0v) is 20.6. The topological polar surface area (TPSA) is 92.6 Å². The number of methoxy groups -OCH3 is 2. The Hall–Kier alpha value is -4.11. The Kier molecular flexibility index (Phi) is 6.73. The maximum atomic E-state index is 13.4. The van der Waals surface area contributed by atoms with Crippen LogP contribution < -0.4 is 14.8 Å². The van der Waals surface area contributed by atoms with Gasteiger partial charge >= 0.3 is 0 Å². The number of carbonyl (C=O) groups is 2. The summed E-state index contributed by atoms with van der Waals surface area (Å²) in [6.07, 6.45) is 0.500. The van der Waals surface area contributed by atoms with E-state index in [-0.39, 0.29) is 17.6 Å². The molecule has 1 atom stereocenters. The van der Waals surface area contributed by atoms with E-state index in [2.05, 4.69) is 5.32 Å². The van der Waals surface area contributed by atoms with Crippen molar-refractivity contribution in [3.05, 3.63) is 83.9 Å². The van der Waals surface area contributed by atoms with Gasteiger partial charge in [0.2, 0.25) is 5.91 Å². The number of thioether (sulfide) groups is 1. The average molecular weight is 501 g/mol. The number of fused-ring (bicyclic) bond motifs is 3. The average Bonchev–Trinajstić information content (AvgIpc) is 3.23. The molecular weight excluding hydrogens is 476 g/mol. The third-order valence-electron chi connectivity index (χ3n) is 5.82. The molecule has 8 nitrogen and oxygen atoms in total. The molecule has 0 fully saturated rings. The molecule has 0 aliphatic carbocycles. The Bertz CT molecular complexity index is 1370. The minimum Gasteiger partial charge on any atom is -0.493 e. The monoisotopic (exact) mass is 500 g/mol. The first-order chi connectivity index (χ1) is 17.6. The van der Waals surface area contributed by atoms with Gasteiger partial charge in [0.15, 0.2) is 16.7 Å². The first-order valence-corrected chi connectivity index (χ1v) is 12.3. The van der Waals surface area contributed by atoms with E-state index in [9.17, 15) is 9.59 Å². The zero-order valence-electron chi connectivity index (χ0n) is 19.8. The summed E-state index contributed by atoms with van der Waals surface area (Å²) < 4.78 is 10.5. The quantitative estimate of drug-likeness (QED) is 0.523. The normalized spacial score (nSPS) is 16.0. The SMILES string of the molecule is COc1ccc(NC(=O)CSC2=Nc3ccccc3C3=NC(Cc4ccccc4)C(=O)N23)cc1OC. The van der Waals surface area contributed by atoms with Crippen LogP contribution in [0.4, 0.5) is 11.4 Å². The Morgan fingerprint density at radius 1 is 1.00 bits per heavy atom. The minimum absolute atomic E-state index is 0.0652. The molecule has 3 aromatic rings. The maximum absolute atomic E-state index is 13.4. The molecule has 36 heavy (non-hydrogen) atoms. The molecule has 0 spiro atoms. The molecule has 0 aromatic heterocycles. The molecule has 0 saturated carbocycles. The van der Waals surface area contributed by atoms with Gasteiger partial charge in [-0.25, -0.2) is 9.89 Å². The van der Waals surface area contributed by atoms with E-state index in [4.69, 9.17) is 19.5 Å². The van der Waals surface area contributed by atoms with Crippen LogP contribution in [-0.2, 0) is 16.0 Å². The van der Waals surface area contributed by atoms with Gasteiger partial charge < -0.3 is 14.8 Å². The largest absolute Gasteiger partial charge is 0.493 e. The molecule has 2 heterocycles. The fraction of sp³-hybridized carbons (Fsp3) is 0.185. The van der Waals surface area contributed by atoms with Crippen molar-refractivity contribution in [2.75, 3.05) is 25.3 Å². The van der Waals surface area contributed by atoms with E-state index in [1.165, 1.54) is 18.9 Å². The van der Waals surface area contributed by atoms with Gasteiger partial charge in [0.25, 0.3) is 5.91 Å². The molecule has 3 aromatic carbocycles. The number of hydrogen-bond acceptors (Lipinski definition) is 7. The highest BCUT2D eigenvalue weighted by atomic mass is 32.2. The van der Waals surface area contributed by atoms with Gasteiger partial charge in [-0.15, -0.1) is 0 Å². The van der Waals surface area contributed by atoms with Gasteiger partial charge in [-0.1, -0.05) is 54.2 Å². The molecule has 1 unspecified atom stereocenters. The summed E-state index contributed by atoms with van der Waals surface area (Å²) in [7, 11) is 3.09. The van der Waals surface area contributed by atoms with Crippen molar-refractivity contribution in [3.8, 4) is 11.5 Å². The standard InChI is InChI=1S/C27H24N4O4S/c1-34-22-13-12-18(15-23(22)35-2)28-24(32)16-36-27-30-20-11-7-6-10-19(20)25-29-21(26(33)31(25)27)14-17-8-4-3-5-9-17/h3-13,15,21H,14,16H2,1-2H3,(H,28,32). The smallest absolute Gasteiger partial charge is 0.259 e. The fourth-order valence-electron chi connectivity index (χ4n) is 4.11. The van der Waals surface area contributed by atoms with E-state index in [0.29, 0.717) is 34.6 Å². The molecule has 5 rings (SSSR count). The molecule has 9 heteroatoms. The summed E-state index contributed by atoms with van der Waals surface area (Å²) in [6, 6.07) is 22.0. The lowest BCUT2D eigenvalue weighted by atomic mass is 10.1. The second-order valence-electron chi connectivity index (χ2n) is 8.15. The molecule has 2 aliphatic heterocycles. The highest BCUT2D eigenvalue weighted by Gasteiger charge is 2.41. The van der Waals surface area contributed by atoms with Crippen LogP contribution in [0, 0.1) is 0 Å². The van der Waals surface area contributed by atoms with Crippen LogP contribution in [0.1, 0.15) is 11.1 Å². The van der Waals surface area contributed by atoms with Crippen LogP contribution in [0.5, 0.6) is 11.5 Å². The molecule has 1 N–H and O–H groups in total. The first-order valence-electron chi connectivity index (χ1n) is 11.4. The lowest BCUT2D eigenvalue weighted by Crippen LogP contribution is -2.41. The second-order valence-corrected chi connectivity index (χ2v) is 9.09. The Morgan fingerprint density at radius 2 is 1.75 bits per heavy atom. The summed E-state index contributed by atoms with van der Waals surface area (Å²) in [5.74, 6) is 1.35. The van der Waals surface area contributed by atoms with Crippen LogP contribution >= 0.6 is 11.8 Å². The molecule has 2 amide bonds. The van der Waals surface area contributed by atoms with Crippen molar-refractivity contribution in [2.45, 2.75) is 12.5 Å². The van der Waals surface area contributed by atoms with E-state index >= 15 is 0 Å². The van der Waals surface area contributed by atoms with Crippen LogP contribution in [0.2, 0.25) is 0 Å². The summed E-state index contributed by atoms with van der Waals surface area (Å²) >= 11 is 1.20. The van der Waals surface area contributed by atoms with E-state index in [1.807, 2.05) is 54.6 Å². The van der Waals surface area contributed by atoms with Crippen LogP contribution in [0.25, 0.3) is 0 Å². The van der Waals surface area contributed by atoms with E-state index in [0.717, 1.165) is 16.8 Å². The van der Waals surface area contributed by atoms with E-state index in [1.54, 1.807) is 30.2 Å². The number of nitrogens with zero attached hydrogens (tertiary/aromatic N) is 3. The van der Waals surface area contributed by atoms with Gasteiger partial charge in [-0.3, -0.25) is 14.6 Å². The van der Waals surface area contributed by atoms with Crippen molar-refractivity contribution < 1.29 is 19.1 Å². The maximum Gasteiger partial charge on any atom is 0.259 e. The third kappa shape index (κ3) is 4.70. The van der Waals surface area contributed by atoms with Crippen LogP contribution in [-0.4, -0.2) is 53.7 Å². The number of carbonyl (C=O) groups excluding carboxylic acids is 2. The summed E-state index contributed by atoms with van der Waals surface area (Å²) in [4.78, 5) is 37.2. The van der Waals surface area contributed by atoms with Gasteiger partial charge in [0.05, 0.1) is 25.7 Å². The number of amidine groups is 2. The van der Waals surface area contributed by atoms with Gasteiger partial charge in [-0.05, 0) is 29.8 Å². The lowest BCUT2D eigenvalue weighted by molar-refractivity contribution is -0.124. The number of aliphatic imine (C=N–C) groups is 2. The predicted molar refractivity (Wildman–Crippen MR) is 141 cm³/mol. The number of ether oxygens (including phenoxy) is 2. The Morgan fingerprint density at radius 3 is 2.53 bits per heavy atom. The number of anilines is 1. The second kappa shape index (κ2) is 10.2. The number of benzene rings is 3. The van der Waals surface area contributed by atoms with Gasteiger partial charge in [0, 0.05) is 23.7 Å². The third-order valence-corrected chi connectivity index (χ3v) is 6.76. The molecule has 182 valence electrons. The number of amides is 2. The van der Waals surface area contributed by atoms with Crippen molar-refractivity contribution in [3.63, 3.8) is 0 Å². The van der Waals surface area contributed by atoms with Crippen molar-refractivity contribution in [2.24, 2.45) is 9.98 Å². The van der Waals surface area contributed by atoms with E-state index < -0.39 is 6.04 Å². The highest BCUT2D eigenvalue weighted by Crippen LogP contribution is 2.34. The first kappa shape index (κ1) is 23.6. The fourth-order valence-corrected chi connectivity index (χ4v) is 4.91. The van der Waals surface area contributed by atoms with Crippen LogP contribution in [0.3, 0.4) is 0 Å². The number of hydrogen-bond donors (Lipinski definition) is 1. The van der Waals surface area contributed by atoms with Gasteiger partial charge in [0.1, 0.15) is 11.9 Å². The Balaban J connectivity index is 1.33. The van der Waals surface area contributed by atoms with Crippen molar-refractivity contribution in [1.29, 1.82) is 0 Å².